The van der Waals surface area contributed by atoms with Crippen LogP contribution < -0.4 is 10.6 Å². The summed E-state index contributed by atoms with van der Waals surface area (Å²) >= 11 is 6.58. The molecule has 1 aliphatic carbocycles. The molecule has 2 aromatic heterocycles. The molecule has 4 N–H and O–H groups in total. The van der Waals surface area contributed by atoms with Gasteiger partial charge in [0.25, 0.3) is 0 Å². The van der Waals surface area contributed by atoms with Gasteiger partial charge in [-0.25, -0.2) is 23.1 Å². The number of H-pyrrole nitrogens is 1. The maximum Gasteiger partial charge on any atom is 0.202 e. The van der Waals surface area contributed by atoms with Gasteiger partial charge < -0.3 is 15.7 Å². The lowest BCUT2D eigenvalue weighted by Crippen LogP contribution is -2.32. The minimum absolute atomic E-state index is 0.210. The second kappa shape index (κ2) is 9.46. The Morgan fingerprint density at radius 1 is 1.02 bits per heavy atom. The summed E-state index contributed by atoms with van der Waals surface area (Å²) in [6.07, 6.45) is 2.57. The molecule has 0 unspecified atom stereocenters. The van der Waals surface area contributed by atoms with Crippen LogP contribution in [-0.4, -0.2) is 44.9 Å². The van der Waals surface area contributed by atoms with Gasteiger partial charge in [-0.3, -0.25) is 5.10 Å². The highest BCUT2D eigenvalue weighted by Crippen LogP contribution is 2.63. The summed E-state index contributed by atoms with van der Waals surface area (Å²) in [6, 6.07) is 13.9. The lowest BCUT2D eigenvalue weighted by molar-refractivity contribution is 0.396. The number of nitrogens with two attached hydrogens (primary N) is 1. The summed E-state index contributed by atoms with van der Waals surface area (Å²) in [5.74, 6) is -2.12. The van der Waals surface area contributed by atoms with Gasteiger partial charge in [0, 0.05) is 30.6 Å². The van der Waals surface area contributed by atoms with E-state index in [0.717, 1.165) is 25.1 Å². The van der Waals surface area contributed by atoms with Crippen LogP contribution in [0.25, 0.3) is 33.5 Å². The summed E-state index contributed by atoms with van der Waals surface area (Å²) in [5, 5.41) is 17.0. The minimum Gasteiger partial charge on any atom is -0.503 e. The molecule has 3 atom stereocenters. The Morgan fingerprint density at radius 2 is 1.80 bits per heavy atom. The van der Waals surface area contributed by atoms with Crippen molar-refractivity contribution in [3.63, 3.8) is 0 Å². The van der Waals surface area contributed by atoms with Crippen LogP contribution in [0.2, 0.25) is 5.02 Å². The molecule has 0 radical (unpaired) electrons. The van der Waals surface area contributed by atoms with Crippen molar-refractivity contribution in [2.24, 2.45) is 17.6 Å². The molecule has 0 bridgehead atoms. The summed E-state index contributed by atoms with van der Waals surface area (Å²) < 4.78 is 42.5. The first kappa shape index (κ1) is 25.8. The number of anilines is 1. The zero-order chi connectivity index (χ0) is 28.5. The van der Waals surface area contributed by atoms with Crippen molar-refractivity contribution in [1.29, 1.82) is 0 Å². The smallest absolute Gasteiger partial charge is 0.202 e. The Labute approximate surface area is 237 Å². The molecule has 208 valence electrons. The highest BCUT2D eigenvalue weighted by atomic mass is 35.5. The van der Waals surface area contributed by atoms with Crippen molar-refractivity contribution >= 4 is 28.6 Å². The zero-order valence-corrected chi connectivity index (χ0v) is 22.3. The maximum atomic E-state index is 14.7. The van der Waals surface area contributed by atoms with E-state index in [1.165, 1.54) is 6.07 Å². The monoisotopic (exact) mass is 576 g/mol. The predicted molar refractivity (Wildman–Crippen MR) is 150 cm³/mol. The quantitative estimate of drug-likeness (QED) is 0.244. The van der Waals surface area contributed by atoms with Crippen LogP contribution in [0.1, 0.15) is 12.0 Å². The molecule has 11 heteroatoms. The highest BCUT2D eigenvalue weighted by Gasteiger charge is 2.66. The number of nitrogens with zero attached hydrogens (tertiary/aromatic N) is 4. The van der Waals surface area contributed by atoms with E-state index in [2.05, 4.69) is 20.1 Å². The van der Waals surface area contributed by atoms with Gasteiger partial charge in [-0.2, -0.15) is 5.10 Å². The van der Waals surface area contributed by atoms with E-state index in [9.17, 15) is 18.3 Å². The third-order valence-electron chi connectivity index (χ3n) is 8.70. The Balaban J connectivity index is 1.15. The van der Waals surface area contributed by atoms with Crippen molar-refractivity contribution in [3.8, 4) is 28.1 Å². The Bertz CT molecular complexity index is 1810. The molecular formula is C30H24ClF3N6O. The zero-order valence-electron chi connectivity index (χ0n) is 21.6. The lowest BCUT2D eigenvalue weighted by Gasteiger charge is -2.26. The first-order chi connectivity index (χ1) is 19.8. The SMILES string of the molecule is NC[C@]1(c2ccccc2F)[C@@H]2CCN(c3cnc4c(-c5ccc(-c6cc(F)c(O)c(F)c6)cc5Cl)[nH]nc4n3)C[C@@H]21. The average molecular weight is 577 g/mol. The largest absolute Gasteiger partial charge is 0.503 e. The number of halogens is 4. The van der Waals surface area contributed by atoms with Crippen LogP contribution in [0.4, 0.5) is 19.0 Å². The predicted octanol–water partition coefficient (Wildman–Crippen LogP) is 5.82. The number of aromatic nitrogens is 4. The van der Waals surface area contributed by atoms with Crippen LogP contribution >= 0.6 is 11.6 Å². The van der Waals surface area contributed by atoms with Gasteiger partial charge in [-0.15, -0.1) is 0 Å². The van der Waals surface area contributed by atoms with E-state index in [4.69, 9.17) is 22.3 Å². The van der Waals surface area contributed by atoms with Crippen molar-refractivity contribution in [2.45, 2.75) is 11.8 Å². The van der Waals surface area contributed by atoms with Gasteiger partial charge in [0.2, 0.25) is 5.65 Å². The Hall–Kier alpha value is -4.15. The van der Waals surface area contributed by atoms with Crippen LogP contribution in [0.3, 0.4) is 0 Å². The van der Waals surface area contributed by atoms with E-state index < -0.39 is 17.4 Å². The number of rotatable bonds is 5. The van der Waals surface area contributed by atoms with E-state index in [-0.39, 0.29) is 22.7 Å². The van der Waals surface area contributed by atoms with Gasteiger partial charge in [-0.1, -0.05) is 41.9 Å². The topological polar surface area (TPSA) is 104 Å². The fourth-order valence-electron chi connectivity index (χ4n) is 6.59. The third-order valence-corrected chi connectivity index (χ3v) is 9.02. The maximum absolute atomic E-state index is 14.7. The number of nitrogens with one attached hydrogen (secondary N) is 1. The van der Waals surface area contributed by atoms with Gasteiger partial charge in [-0.05, 0) is 59.2 Å². The van der Waals surface area contributed by atoms with Gasteiger partial charge in [0.1, 0.15) is 17.2 Å². The van der Waals surface area contributed by atoms with Crippen LogP contribution in [-0.2, 0) is 5.41 Å². The number of phenols is 1. The van der Waals surface area contributed by atoms with Gasteiger partial charge in [0.15, 0.2) is 17.4 Å². The molecule has 7 rings (SSSR count). The summed E-state index contributed by atoms with van der Waals surface area (Å²) in [6.45, 7) is 1.83. The molecule has 1 saturated heterocycles. The molecule has 0 spiro atoms. The van der Waals surface area contributed by atoms with Crippen LogP contribution in [0, 0.1) is 29.3 Å². The fraction of sp³-hybridized carbons (Fsp3) is 0.233. The molecule has 2 aliphatic rings. The normalized spacial score (nSPS) is 21.7. The van der Waals surface area contributed by atoms with Gasteiger partial charge >= 0.3 is 0 Å². The Kier molecular flexibility index (Phi) is 5.95. The fourth-order valence-corrected chi connectivity index (χ4v) is 6.87. The summed E-state index contributed by atoms with van der Waals surface area (Å²) in [4.78, 5) is 11.5. The molecule has 1 aliphatic heterocycles. The van der Waals surface area contributed by atoms with Crippen LogP contribution in [0.5, 0.6) is 5.75 Å². The molecule has 5 aromatic rings. The average Bonchev–Trinajstić information content (AvgIpc) is 3.44. The third kappa shape index (κ3) is 3.96. The standard InChI is InChI=1S/C30H24ClF3N6O/c31-21-9-15(16-10-23(33)28(41)24(34)11-16)5-6-17(21)26-27-29(39-38-26)37-25(12-36-27)40-8-7-18-20(13-40)30(18,14-35)19-3-1-2-4-22(19)32/h1-6,9-12,18,20,41H,7-8,13-14,35H2,(H,37,38,39)/t18-,20+,30-/m1/s1. The van der Waals surface area contributed by atoms with E-state index in [1.54, 1.807) is 30.5 Å². The number of hydrogen-bond acceptors (Lipinski definition) is 6. The molecule has 1 saturated carbocycles. The number of piperidine rings is 1. The van der Waals surface area contributed by atoms with Crippen molar-refractivity contribution in [3.05, 3.63) is 88.8 Å². The highest BCUT2D eigenvalue weighted by molar-refractivity contribution is 6.33. The number of aromatic hydroxyl groups is 1. The Morgan fingerprint density at radius 3 is 2.54 bits per heavy atom. The number of fused-ring (bicyclic) bond motifs is 2. The van der Waals surface area contributed by atoms with E-state index in [1.807, 2.05) is 12.1 Å². The summed E-state index contributed by atoms with van der Waals surface area (Å²) in [5.41, 5.74) is 9.37. The van der Waals surface area contributed by atoms with Gasteiger partial charge in [0.05, 0.1) is 16.9 Å². The van der Waals surface area contributed by atoms with E-state index >= 15 is 0 Å². The molecular weight excluding hydrogens is 553 g/mol. The van der Waals surface area contributed by atoms with Crippen LogP contribution in [0.15, 0.2) is 60.8 Å². The molecule has 0 amide bonds. The number of aromatic amines is 1. The minimum atomic E-state index is -1.06. The second-order valence-electron chi connectivity index (χ2n) is 10.7. The lowest BCUT2D eigenvalue weighted by atomic mass is 9.91. The summed E-state index contributed by atoms with van der Waals surface area (Å²) in [7, 11) is 0. The molecule has 3 heterocycles. The second-order valence-corrected chi connectivity index (χ2v) is 11.1. The van der Waals surface area contributed by atoms with Crippen molar-refractivity contribution in [1.82, 2.24) is 20.2 Å². The number of phenolic OH excluding ortho intramolecular Hbond substituents is 1. The molecule has 41 heavy (non-hydrogen) atoms. The first-order valence-electron chi connectivity index (χ1n) is 13.2. The molecule has 3 aromatic carbocycles. The number of hydrogen-bond donors (Lipinski definition) is 3. The number of benzene rings is 3. The van der Waals surface area contributed by atoms with Crippen molar-refractivity contribution < 1.29 is 18.3 Å². The van der Waals surface area contributed by atoms with Crippen molar-refractivity contribution in [2.75, 3.05) is 24.5 Å². The molecule has 7 nitrogen and oxygen atoms in total. The van der Waals surface area contributed by atoms with E-state index in [0.29, 0.717) is 63.4 Å². The molecule has 2 fully saturated rings. The first-order valence-corrected chi connectivity index (χ1v) is 13.6.